The van der Waals surface area contributed by atoms with Crippen LogP contribution in [0.2, 0.25) is 0 Å². The third kappa shape index (κ3) is 3.29. The fraction of sp³-hybridized carbons (Fsp3) is 0.417. The van der Waals surface area contributed by atoms with Gasteiger partial charge in [0.15, 0.2) is 0 Å². The average Bonchev–Trinajstić information content (AvgIpc) is 2.18. The maximum absolute atomic E-state index is 12.8. The maximum Gasteiger partial charge on any atom is 0.337 e. The van der Waals surface area contributed by atoms with E-state index in [4.69, 9.17) is 0 Å². The Morgan fingerprint density at radius 1 is 1.44 bits per heavy atom. The second-order valence-corrected chi connectivity index (χ2v) is 3.88. The Morgan fingerprint density at radius 3 is 2.50 bits per heavy atom. The third-order valence-electron chi connectivity index (χ3n) is 2.26. The summed E-state index contributed by atoms with van der Waals surface area (Å²) in [6, 6.07) is 4.60. The van der Waals surface area contributed by atoms with E-state index in [2.05, 4.69) is 4.74 Å². The van der Waals surface area contributed by atoms with Gasteiger partial charge in [0.2, 0.25) is 5.92 Å². The van der Waals surface area contributed by atoms with Gasteiger partial charge in [-0.2, -0.15) is 0 Å². The summed E-state index contributed by atoms with van der Waals surface area (Å²) in [4.78, 5) is 11.2. The van der Waals surface area contributed by atoms with Crippen LogP contribution < -0.4 is 0 Å². The molecule has 1 rings (SSSR count). The quantitative estimate of drug-likeness (QED) is 0.743. The van der Waals surface area contributed by atoms with Crippen LogP contribution in [0, 0.1) is 6.92 Å². The number of rotatable bonds is 3. The van der Waals surface area contributed by atoms with Crippen molar-refractivity contribution in [3.63, 3.8) is 0 Å². The number of alkyl halides is 2. The Balaban J connectivity index is 2.96. The topological polar surface area (TPSA) is 26.3 Å². The molecular weight excluding hydrogens is 214 g/mol. The van der Waals surface area contributed by atoms with Crippen molar-refractivity contribution < 1.29 is 18.3 Å². The molecule has 0 fully saturated rings. The van der Waals surface area contributed by atoms with Gasteiger partial charge in [0.05, 0.1) is 12.7 Å². The lowest BCUT2D eigenvalue weighted by molar-refractivity contribution is 0.0224. The summed E-state index contributed by atoms with van der Waals surface area (Å²) in [6.45, 7) is 2.58. The van der Waals surface area contributed by atoms with Crippen molar-refractivity contribution in [1.82, 2.24) is 0 Å². The molecule has 16 heavy (non-hydrogen) atoms. The highest BCUT2D eigenvalue weighted by molar-refractivity contribution is 5.89. The van der Waals surface area contributed by atoms with Crippen LogP contribution >= 0.6 is 0 Å². The van der Waals surface area contributed by atoms with E-state index in [9.17, 15) is 13.6 Å². The van der Waals surface area contributed by atoms with Crippen LogP contribution in [0.5, 0.6) is 0 Å². The number of hydrogen-bond donors (Lipinski definition) is 0. The molecule has 0 N–H and O–H groups in total. The van der Waals surface area contributed by atoms with Crippen LogP contribution in [0.3, 0.4) is 0 Å². The Morgan fingerprint density at radius 2 is 2.06 bits per heavy atom. The van der Waals surface area contributed by atoms with Crippen molar-refractivity contribution in [2.45, 2.75) is 26.2 Å². The van der Waals surface area contributed by atoms with Crippen molar-refractivity contribution in [3.05, 3.63) is 34.9 Å². The van der Waals surface area contributed by atoms with Gasteiger partial charge in [-0.1, -0.05) is 6.07 Å². The normalized spacial score (nSPS) is 11.3. The fourth-order valence-corrected chi connectivity index (χ4v) is 1.47. The summed E-state index contributed by atoms with van der Waals surface area (Å²) >= 11 is 0. The monoisotopic (exact) mass is 228 g/mol. The van der Waals surface area contributed by atoms with Gasteiger partial charge in [-0.3, -0.25) is 0 Å². The number of halogens is 2. The van der Waals surface area contributed by atoms with E-state index in [0.29, 0.717) is 16.7 Å². The van der Waals surface area contributed by atoms with Gasteiger partial charge in [-0.15, -0.1) is 0 Å². The standard InChI is InChI=1S/C12H14F2O2/c1-8-6-9(11(15)16-3)4-5-10(8)7-12(2,13)14/h4-6H,7H2,1-3H3. The van der Waals surface area contributed by atoms with E-state index in [1.165, 1.54) is 13.2 Å². The van der Waals surface area contributed by atoms with E-state index >= 15 is 0 Å². The van der Waals surface area contributed by atoms with E-state index < -0.39 is 11.9 Å². The molecule has 0 saturated heterocycles. The van der Waals surface area contributed by atoms with Gasteiger partial charge in [-0.05, 0) is 37.1 Å². The third-order valence-corrected chi connectivity index (χ3v) is 2.26. The Labute approximate surface area is 93.2 Å². The number of carbonyl (C=O) groups is 1. The smallest absolute Gasteiger partial charge is 0.337 e. The summed E-state index contributed by atoms with van der Waals surface area (Å²) in [6.07, 6.45) is -0.319. The van der Waals surface area contributed by atoms with E-state index in [-0.39, 0.29) is 6.42 Å². The van der Waals surface area contributed by atoms with Crippen LogP contribution in [-0.4, -0.2) is 19.0 Å². The number of ether oxygens (including phenoxy) is 1. The highest BCUT2D eigenvalue weighted by atomic mass is 19.3. The zero-order valence-electron chi connectivity index (χ0n) is 9.51. The molecule has 88 valence electrons. The second-order valence-electron chi connectivity index (χ2n) is 3.88. The molecule has 0 bridgehead atoms. The largest absolute Gasteiger partial charge is 0.465 e. The molecule has 0 heterocycles. The molecule has 1 aromatic carbocycles. The van der Waals surface area contributed by atoms with E-state index in [1.54, 1.807) is 19.1 Å². The molecule has 0 amide bonds. The highest BCUT2D eigenvalue weighted by Gasteiger charge is 2.22. The van der Waals surface area contributed by atoms with Gasteiger partial charge in [0.25, 0.3) is 0 Å². The van der Waals surface area contributed by atoms with Crippen LogP contribution in [0.4, 0.5) is 8.78 Å². The molecule has 0 unspecified atom stereocenters. The minimum atomic E-state index is -2.74. The molecule has 0 aliphatic heterocycles. The molecule has 0 spiro atoms. The summed E-state index contributed by atoms with van der Waals surface area (Å²) in [5, 5.41) is 0. The molecule has 0 aliphatic rings. The summed E-state index contributed by atoms with van der Waals surface area (Å²) in [7, 11) is 1.28. The first-order valence-corrected chi connectivity index (χ1v) is 4.89. The van der Waals surface area contributed by atoms with E-state index in [0.717, 1.165) is 6.92 Å². The number of esters is 1. The Hall–Kier alpha value is -1.45. The van der Waals surface area contributed by atoms with Crippen LogP contribution in [0.15, 0.2) is 18.2 Å². The van der Waals surface area contributed by atoms with Crippen molar-refractivity contribution >= 4 is 5.97 Å². The van der Waals surface area contributed by atoms with Crippen molar-refractivity contribution in [1.29, 1.82) is 0 Å². The average molecular weight is 228 g/mol. The zero-order chi connectivity index (χ0) is 12.3. The predicted octanol–water partition coefficient (Wildman–Crippen LogP) is 2.98. The molecule has 0 aliphatic carbocycles. The van der Waals surface area contributed by atoms with Crippen LogP contribution in [0.1, 0.15) is 28.4 Å². The first kappa shape index (κ1) is 12.6. The molecule has 4 heteroatoms. The summed E-state index contributed by atoms with van der Waals surface area (Å²) in [5.41, 5.74) is 1.59. The van der Waals surface area contributed by atoms with E-state index in [1.807, 2.05) is 0 Å². The maximum atomic E-state index is 12.8. The van der Waals surface area contributed by atoms with Crippen molar-refractivity contribution in [2.75, 3.05) is 7.11 Å². The van der Waals surface area contributed by atoms with Crippen LogP contribution in [-0.2, 0) is 11.2 Å². The molecule has 0 radical (unpaired) electrons. The van der Waals surface area contributed by atoms with Gasteiger partial charge in [-0.25, -0.2) is 13.6 Å². The second kappa shape index (κ2) is 4.60. The number of aryl methyl sites for hydroxylation is 1. The lowest BCUT2D eigenvalue weighted by Crippen LogP contribution is -2.14. The fourth-order valence-electron chi connectivity index (χ4n) is 1.47. The highest BCUT2D eigenvalue weighted by Crippen LogP contribution is 2.22. The van der Waals surface area contributed by atoms with Gasteiger partial charge in [0.1, 0.15) is 0 Å². The molecule has 1 aromatic rings. The predicted molar refractivity (Wildman–Crippen MR) is 56.8 cm³/mol. The Bertz CT molecular complexity index is 394. The lowest BCUT2D eigenvalue weighted by Gasteiger charge is -2.12. The summed E-state index contributed by atoms with van der Waals surface area (Å²) in [5.74, 6) is -3.20. The number of methoxy groups -OCH3 is 1. The van der Waals surface area contributed by atoms with Crippen molar-refractivity contribution in [2.24, 2.45) is 0 Å². The van der Waals surface area contributed by atoms with Gasteiger partial charge in [0, 0.05) is 6.42 Å². The zero-order valence-corrected chi connectivity index (χ0v) is 9.51. The molecular formula is C12H14F2O2. The first-order valence-electron chi connectivity index (χ1n) is 4.89. The Kier molecular flexibility index (Phi) is 3.62. The first-order chi connectivity index (χ1) is 7.33. The molecule has 0 saturated carbocycles. The minimum Gasteiger partial charge on any atom is -0.465 e. The molecule has 2 nitrogen and oxygen atoms in total. The van der Waals surface area contributed by atoms with Crippen molar-refractivity contribution in [3.8, 4) is 0 Å². The number of carbonyl (C=O) groups excluding carboxylic acids is 1. The van der Waals surface area contributed by atoms with Gasteiger partial charge < -0.3 is 4.74 Å². The molecule has 0 atom stereocenters. The molecule has 0 aromatic heterocycles. The van der Waals surface area contributed by atoms with Crippen LogP contribution in [0.25, 0.3) is 0 Å². The minimum absolute atomic E-state index is 0.319. The number of benzene rings is 1. The summed E-state index contributed by atoms with van der Waals surface area (Å²) < 4.78 is 30.2. The lowest BCUT2D eigenvalue weighted by atomic mass is 10.0. The number of hydrogen-bond acceptors (Lipinski definition) is 2. The van der Waals surface area contributed by atoms with Gasteiger partial charge >= 0.3 is 5.97 Å². The SMILES string of the molecule is COC(=O)c1ccc(CC(C)(F)F)c(C)c1.